The lowest BCUT2D eigenvalue weighted by molar-refractivity contribution is 0.0595. The molecule has 0 aliphatic carbocycles. The van der Waals surface area contributed by atoms with Gasteiger partial charge in [0.1, 0.15) is 5.82 Å². The molecule has 4 aromatic rings. The highest BCUT2D eigenvalue weighted by molar-refractivity contribution is 9.11. The van der Waals surface area contributed by atoms with Gasteiger partial charge in [-0.05, 0) is 48.0 Å². The largest absolute Gasteiger partial charge is 0.465 e. The van der Waals surface area contributed by atoms with Crippen molar-refractivity contribution in [2.45, 2.75) is 11.3 Å². The van der Waals surface area contributed by atoms with Gasteiger partial charge >= 0.3 is 5.97 Å². The number of carbonyl (C=O) groups is 1. The molecule has 0 fully saturated rings. The summed E-state index contributed by atoms with van der Waals surface area (Å²) in [5.74, 6) is -1.41. The minimum atomic E-state index is -3.82. The van der Waals surface area contributed by atoms with Crippen LogP contribution < -0.4 is 0 Å². The molecule has 14 heteroatoms. The van der Waals surface area contributed by atoms with Gasteiger partial charge in [0, 0.05) is 35.8 Å². The fraction of sp³-hybridized carbons (Fsp3) is 0.0690. The number of halogens is 7. The molecule has 0 saturated carbocycles. The maximum absolute atomic E-state index is 13.9. The van der Waals surface area contributed by atoms with Gasteiger partial charge in [-0.25, -0.2) is 31.2 Å². The third-order valence-corrected chi connectivity index (χ3v) is 8.24. The first-order valence-electron chi connectivity index (χ1n) is 11.5. The Bertz CT molecular complexity index is 1780. The predicted molar refractivity (Wildman–Crippen MR) is 165 cm³/mol. The monoisotopic (exact) mass is 774 g/mol. The Hall–Kier alpha value is -3.39. The summed E-state index contributed by atoms with van der Waals surface area (Å²) in [6.07, 6.45) is -2.60. The minimum absolute atomic E-state index is 0.175. The highest BCUT2D eigenvalue weighted by Crippen LogP contribution is 2.32. The Balaban J connectivity index is 0.000000236. The SMILES string of the molecule is COC(=O)c1cc(Cl)c(-c2cccc(Br)c2)cc1F.O=S(=O)(Cl)c1ccc(C(F)F)cc1.[C-]#[N+]c1cccc(C#N)c1Br. The van der Waals surface area contributed by atoms with Crippen LogP contribution in [0.1, 0.15) is 27.9 Å². The molecule has 0 atom stereocenters. The fourth-order valence-electron chi connectivity index (χ4n) is 3.16. The molecule has 0 saturated heterocycles. The average Bonchev–Trinajstić information content (AvgIpc) is 2.98. The molecule has 0 spiro atoms. The van der Waals surface area contributed by atoms with Gasteiger partial charge < -0.3 is 4.74 Å². The number of hydrogen-bond acceptors (Lipinski definition) is 5. The highest BCUT2D eigenvalue weighted by atomic mass is 79.9. The highest BCUT2D eigenvalue weighted by Gasteiger charge is 2.16. The summed E-state index contributed by atoms with van der Waals surface area (Å²) in [4.78, 5) is 14.4. The number of ether oxygens (including phenoxy) is 1. The normalized spacial score (nSPS) is 10.3. The molecule has 0 bridgehead atoms. The van der Waals surface area contributed by atoms with Crippen molar-refractivity contribution in [1.82, 2.24) is 0 Å². The second-order valence-electron chi connectivity index (χ2n) is 7.98. The zero-order valence-corrected chi connectivity index (χ0v) is 27.2. The Morgan fingerprint density at radius 3 is 2.19 bits per heavy atom. The van der Waals surface area contributed by atoms with Crippen LogP contribution in [-0.4, -0.2) is 21.5 Å². The third kappa shape index (κ3) is 10.4. The van der Waals surface area contributed by atoms with Crippen molar-refractivity contribution < 1.29 is 31.1 Å². The number of methoxy groups -OCH3 is 1. The van der Waals surface area contributed by atoms with Crippen LogP contribution in [0.3, 0.4) is 0 Å². The maximum Gasteiger partial charge on any atom is 0.340 e. The Morgan fingerprint density at radius 2 is 1.67 bits per heavy atom. The zero-order chi connectivity index (χ0) is 32.3. The molecule has 4 rings (SSSR count). The average molecular weight is 777 g/mol. The van der Waals surface area contributed by atoms with Crippen molar-refractivity contribution >= 4 is 74.9 Å². The van der Waals surface area contributed by atoms with Gasteiger partial charge in [0.2, 0.25) is 5.69 Å². The molecule has 6 nitrogen and oxygen atoms in total. The molecule has 0 amide bonds. The van der Waals surface area contributed by atoms with Gasteiger partial charge in [0.25, 0.3) is 15.5 Å². The van der Waals surface area contributed by atoms with Crippen LogP contribution in [0, 0.1) is 23.7 Å². The first kappa shape index (κ1) is 35.8. The third-order valence-electron chi connectivity index (χ3n) is 5.23. The summed E-state index contributed by atoms with van der Waals surface area (Å²) in [6.45, 7) is 6.74. The summed E-state index contributed by atoms with van der Waals surface area (Å²) in [6, 6.07) is 21.0. The molecule has 0 unspecified atom stereocenters. The first-order valence-corrected chi connectivity index (χ1v) is 15.7. The van der Waals surface area contributed by atoms with Crippen LogP contribution in [0.5, 0.6) is 0 Å². The number of hydrogen-bond donors (Lipinski definition) is 0. The van der Waals surface area contributed by atoms with E-state index in [1.165, 1.54) is 19.2 Å². The van der Waals surface area contributed by atoms with E-state index >= 15 is 0 Å². The quantitative estimate of drug-likeness (QED) is 0.117. The van der Waals surface area contributed by atoms with E-state index in [1.807, 2.05) is 30.3 Å². The van der Waals surface area contributed by atoms with Crippen molar-refractivity contribution in [3.05, 3.63) is 127 Å². The maximum atomic E-state index is 13.9. The summed E-state index contributed by atoms with van der Waals surface area (Å²) in [7, 11) is 2.35. The first-order chi connectivity index (χ1) is 20.2. The van der Waals surface area contributed by atoms with Crippen LogP contribution in [0.15, 0.2) is 92.7 Å². The van der Waals surface area contributed by atoms with Crippen molar-refractivity contribution in [1.29, 1.82) is 5.26 Å². The van der Waals surface area contributed by atoms with Crippen LogP contribution >= 0.6 is 54.1 Å². The van der Waals surface area contributed by atoms with Gasteiger partial charge in [-0.2, -0.15) is 5.26 Å². The summed E-state index contributed by atoms with van der Waals surface area (Å²) in [5.41, 5.74) is 1.85. The minimum Gasteiger partial charge on any atom is -0.465 e. The standard InChI is InChI=1S/C14H9BrClFO2.C8H3BrN2.C7H5ClF2O2S/c1-19-14(18)11-6-12(16)10(7-13(11)17)8-3-2-4-9(15)5-8;1-11-7-4-2-3-6(5-10)8(7)9;8-13(11,12)6-3-1-5(2-4-6)7(9)10/h2-7H,1H3;2-4H;1-4,7H. The molecular weight excluding hydrogens is 760 g/mol. The van der Waals surface area contributed by atoms with E-state index in [0.29, 0.717) is 26.3 Å². The lowest BCUT2D eigenvalue weighted by atomic mass is 10.0. The smallest absolute Gasteiger partial charge is 0.340 e. The van der Waals surface area contributed by atoms with E-state index in [1.54, 1.807) is 18.2 Å². The van der Waals surface area contributed by atoms with Crippen molar-refractivity contribution in [2.75, 3.05) is 7.11 Å². The summed E-state index contributed by atoms with van der Waals surface area (Å²) in [5, 5.41) is 8.85. The van der Waals surface area contributed by atoms with E-state index in [2.05, 4.69) is 41.4 Å². The van der Waals surface area contributed by atoms with Gasteiger partial charge in [0.15, 0.2) is 0 Å². The lowest BCUT2D eigenvalue weighted by Gasteiger charge is -2.08. The van der Waals surface area contributed by atoms with Crippen LogP contribution in [0.25, 0.3) is 16.0 Å². The van der Waals surface area contributed by atoms with Gasteiger partial charge in [-0.15, -0.1) is 0 Å². The Kier molecular flexibility index (Phi) is 13.7. The molecule has 222 valence electrons. The summed E-state index contributed by atoms with van der Waals surface area (Å²) >= 11 is 12.6. The van der Waals surface area contributed by atoms with Crippen LogP contribution in [-0.2, 0) is 13.8 Å². The van der Waals surface area contributed by atoms with Gasteiger partial charge in [-0.1, -0.05) is 79.9 Å². The van der Waals surface area contributed by atoms with Crippen LogP contribution in [0.4, 0.5) is 18.9 Å². The number of esters is 1. The number of carbonyl (C=O) groups excluding carboxylic acids is 1. The second-order valence-corrected chi connectivity index (χ2v) is 12.7. The number of rotatable bonds is 4. The van der Waals surface area contributed by atoms with Gasteiger partial charge in [-0.3, -0.25) is 0 Å². The Labute approximate surface area is 272 Å². The molecule has 0 aliphatic heterocycles. The summed E-state index contributed by atoms with van der Waals surface area (Å²) < 4.78 is 65.2. The van der Waals surface area contributed by atoms with E-state index in [4.69, 9.17) is 34.1 Å². The lowest BCUT2D eigenvalue weighted by Crippen LogP contribution is -2.04. The van der Waals surface area contributed by atoms with Crippen LogP contribution in [0.2, 0.25) is 5.02 Å². The molecule has 4 aromatic carbocycles. The molecule has 0 aliphatic rings. The number of alkyl halides is 2. The predicted octanol–water partition coefficient (Wildman–Crippen LogP) is 10.1. The molecule has 0 radical (unpaired) electrons. The topological polar surface area (TPSA) is 88.6 Å². The number of nitriles is 1. The van der Waals surface area contributed by atoms with Crippen molar-refractivity contribution in [3.8, 4) is 17.2 Å². The molecule has 0 N–H and O–H groups in total. The fourth-order valence-corrected chi connectivity index (χ4v) is 5.04. The van der Waals surface area contributed by atoms with E-state index < -0.39 is 27.3 Å². The molecule has 43 heavy (non-hydrogen) atoms. The van der Waals surface area contributed by atoms with E-state index in [-0.39, 0.29) is 16.0 Å². The number of nitrogens with zero attached hydrogens (tertiary/aromatic N) is 2. The van der Waals surface area contributed by atoms with E-state index in [9.17, 15) is 26.4 Å². The van der Waals surface area contributed by atoms with E-state index in [0.717, 1.165) is 34.3 Å². The van der Waals surface area contributed by atoms with Crippen molar-refractivity contribution in [2.24, 2.45) is 0 Å². The zero-order valence-electron chi connectivity index (χ0n) is 21.7. The Morgan fingerprint density at radius 1 is 1.05 bits per heavy atom. The van der Waals surface area contributed by atoms with Gasteiger partial charge in [0.05, 0.1) is 35.8 Å². The molecule has 0 aromatic heterocycles. The molecular formula is C29H17Br2Cl2F3N2O4S. The van der Waals surface area contributed by atoms with Crippen molar-refractivity contribution in [3.63, 3.8) is 0 Å². The molecule has 0 heterocycles. The second kappa shape index (κ2) is 16.5. The number of benzene rings is 4.